The van der Waals surface area contributed by atoms with E-state index >= 15 is 0 Å². The molecule has 0 aliphatic rings. The first-order chi connectivity index (χ1) is 8.99. The maximum atomic E-state index is 5.91. The van der Waals surface area contributed by atoms with E-state index in [9.17, 15) is 0 Å². The molecular weight excluding hydrogens is 346 g/mol. The number of rotatable bonds is 3. The molecule has 0 atom stereocenters. The Hall–Kier alpha value is -1.10. The zero-order valence-electron chi connectivity index (χ0n) is 10.1. The number of aryl methyl sites for hydroxylation is 1. The number of benzene rings is 2. The molecular formula is C14H11BrClNOS. The van der Waals surface area contributed by atoms with E-state index in [1.54, 1.807) is 18.2 Å². The molecule has 2 N–H and O–H groups in total. The summed E-state index contributed by atoms with van der Waals surface area (Å²) in [4.78, 5) is 0.309. The van der Waals surface area contributed by atoms with E-state index in [0.29, 0.717) is 21.5 Å². The second-order valence-electron chi connectivity index (χ2n) is 3.99. The van der Waals surface area contributed by atoms with Crippen LogP contribution in [-0.2, 0) is 0 Å². The zero-order chi connectivity index (χ0) is 14.0. The van der Waals surface area contributed by atoms with E-state index in [1.807, 2.05) is 25.1 Å². The summed E-state index contributed by atoms with van der Waals surface area (Å²) >= 11 is 14.4. The first-order valence-corrected chi connectivity index (χ1v) is 7.09. The van der Waals surface area contributed by atoms with Crippen LogP contribution in [0.1, 0.15) is 11.1 Å². The van der Waals surface area contributed by atoms with Crippen molar-refractivity contribution in [2.45, 2.75) is 6.92 Å². The van der Waals surface area contributed by atoms with Gasteiger partial charge >= 0.3 is 0 Å². The number of halogens is 2. The van der Waals surface area contributed by atoms with E-state index in [4.69, 9.17) is 34.3 Å². The van der Waals surface area contributed by atoms with Gasteiger partial charge in [-0.25, -0.2) is 0 Å². The maximum Gasteiger partial charge on any atom is 0.141 e. The summed E-state index contributed by atoms with van der Waals surface area (Å²) in [5.74, 6) is 1.33. The third kappa shape index (κ3) is 3.26. The fourth-order valence-corrected chi connectivity index (χ4v) is 2.57. The SMILES string of the molecule is Cc1cccc(C(N)=S)c1Oc1ccc(Cl)cc1Br. The third-order valence-electron chi connectivity index (χ3n) is 2.58. The van der Waals surface area contributed by atoms with Gasteiger partial charge in [-0.1, -0.05) is 36.0 Å². The van der Waals surface area contributed by atoms with E-state index in [-0.39, 0.29) is 0 Å². The summed E-state index contributed by atoms with van der Waals surface area (Å²) in [6, 6.07) is 11.0. The Morgan fingerprint density at radius 3 is 2.68 bits per heavy atom. The normalized spacial score (nSPS) is 10.3. The van der Waals surface area contributed by atoms with Crippen LogP contribution in [-0.4, -0.2) is 4.99 Å². The number of ether oxygens (including phenoxy) is 1. The maximum absolute atomic E-state index is 5.91. The summed E-state index contributed by atoms with van der Waals surface area (Å²) in [6.45, 7) is 1.95. The third-order valence-corrected chi connectivity index (χ3v) is 3.66. The molecule has 0 bridgehead atoms. The molecule has 2 rings (SSSR count). The Labute approximate surface area is 130 Å². The molecule has 0 fully saturated rings. The Morgan fingerprint density at radius 1 is 1.32 bits per heavy atom. The lowest BCUT2D eigenvalue weighted by molar-refractivity contribution is 0.475. The highest BCUT2D eigenvalue weighted by molar-refractivity contribution is 9.10. The van der Waals surface area contributed by atoms with Crippen molar-refractivity contribution in [1.29, 1.82) is 0 Å². The molecule has 0 aliphatic heterocycles. The summed E-state index contributed by atoms with van der Waals surface area (Å²) in [6.07, 6.45) is 0. The number of nitrogens with two attached hydrogens (primary N) is 1. The van der Waals surface area contributed by atoms with Gasteiger partial charge in [-0.3, -0.25) is 0 Å². The molecule has 0 heterocycles. The lowest BCUT2D eigenvalue weighted by Gasteiger charge is -2.14. The van der Waals surface area contributed by atoms with E-state index < -0.39 is 0 Å². The molecule has 98 valence electrons. The molecule has 0 amide bonds. The van der Waals surface area contributed by atoms with Crippen LogP contribution in [0, 0.1) is 6.92 Å². The smallest absolute Gasteiger partial charge is 0.141 e. The number of hydrogen-bond acceptors (Lipinski definition) is 2. The fraction of sp³-hybridized carbons (Fsp3) is 0.0714. The minimum Gasteiger partial charge on any atom is -0.455 e. The lowest BCUT2D eigenvalue weighted by Crippen LogP contribution is -2.11. The summed E-state index contributed by atoms with van der Waals surface area (Å²) < 4.78 is 6.69. The number of thiocarbonyl (C=S) groups is 1. The van der Waals surface area contributed by atoms with Crippen molar-refractivity contribution in [3.8, 4) is 11.5 Å². The molecule has 19 heavy (non-hydrogen) atoms. The van der Waals surface area contributed by atoms with Crippen molar-refractivity contribution < 1.29 is 4.74 Å². The average Bonchev–Trinajstić information content (AvgIpc) is 2.34. The molecule has 0 spiro atoms. The standard InChI is InChI=1S/C14H11BrClNOS/c1-8-3-2-4-10(14(17)19)13(8)18-12-6-5-9(16)7-11(12)15/h2-7H,1H3,(H2,17,19). The van der Waals surface area contributed by atoms with Crippen LogP contribution in [0.15, 0.2) is 40.9 Å². The van der Waals surface area contributed by atoms with E-state index in [0.717, 1.165) is 15.6 Å². The van der Waals surface area contributed by atoms with Gasteiger partial charge in [0, 0.05) is 5.02 Å². The second kappa shape index (κ2) is 5.90. The molecule has 0 unspecified atom stereocenters. The highest BCUT2D eigenvalue weighted by Gasteiger charge is 2.12. The summed E-state index contributed by atoms with van der Waals surface area (Å²) in [7, 11) is 0. The predicted molar refractivity (Wildman–Crippen MR) is 86.3 cm³/mol. The lowest BCUT2D eigenvalue weighted by atomic mass is 10.1. The highest BCUT2D eigenvalue weighted by atomic mass is 79.9. The summed E-state index contributed by atoms with van der Waals surface area (Å²) in [5, 5.41) is 0.638. The van der Waals surface area contributed by atoms with Crippen LogP contribution >= 0.6 is 39.7 Å². The highest BCUT2D eigenvalue weighted by Crippen LogP contribution is 2.35. The molecule has 2 aromatic carbocycles. The van der Waals surface area contributed by atoms with Crippen molar-refractivity contribution in [1.82, 2.24) is 0 Å². The Morgan fingerprint density at radius 2 is 2.05 bits per heavy atom. The molecule has 0 saturated carbocycles. The van der Waals surface area contributed by atoms with Gasteiger partial charge < -0.3 is 10.5 Å². The molecule has 0 saturated heterocycles. The molecule has 2 aromatic rings. The van der Waals surface area contributed by atoms with Crippen LogP contribution in [0.25, 0.3) is 0 Å². The van der Waals surface area contributed by atoms with Crippen LogP contribution in [0.4, 0.5) is 0 Å². The van der Waals surface area contributed by atoms with Crippen LogP contribution in [0.5, 0.6) is 11.5 Å². The van der Waals surface area contributed by atoms with E-state index in [2.05, 4.69) is 15.9 Å². The van der Waals surface area contributed by atoms with Gasteiger partial charge in [0.05, 0.1) is 10.0 Å². The first kappa shape index (κ1) is 14.3. The summed E-state index contributed by atoms with van der Waals surface area (Å²) in [5.41, 5.74) is 7.40. The molecule has 5 heteroatoms. The Balaban J connectivity index is 2.46. The molecule has 0 aliphatic carbocycles. The van der Waals surface area contributed by atoms with Crippen molar-refractivity contribution in [2.75, 3.05) is 0 Å². The van der Waals surface area contributed by atoms with Gasteiger partial charge in [-0.2, -0.15) is 0 Å². The largest absolute Gasteiger partial charge is 0.455 e. The minimum atomic E-state index is 0.309. The van der Waals surface area contributed by atoms with Gasteiger partial charge in [0.2, 0.25) is 0 Å². The van der Waals surface area contributed by atoms with Gasteiger partial charge in [-0.15, -0.1) is 0 Å². The Kier molecular flexibility index (Phi) is 4.45. The predicted octanol–water partition coefficient (Wildman–Crippen LogP) is 4.84. The number of para-hydroxylation sites is 1. The average molecular weight is 357 g/mol. The van der Waals surface area contributed by atoms with Crippen LogP contribution in [0.3, 0.4) is 0 Å². The zero-order valence-corrected chi connectivity index (χ0v) is 13.3. The number of hydrogen-bond donors (Lipinski definition) is 1. The van der Waals surface area contributed by atoms with Crippen molar-refractivity contribution in [2.24, 2.45) is 5.73 Å². The van der Waals surface area contributed by atoms with Gasteiger partial charge in [-0.05, 0) is 52.7 Å². The molecule has 0 aromatic heterocycles. The van der Waals surface area contributed by atoms with Crippen molar-refractivity contribution >= 4 is 44.7 Å². The minimum absolute atomic E-state index is 0.309. The van der Waals surface area contributed by atoms with Crippen molar-refractivity contribution in [3.05, 3.63) is 57.0 Å². The monoisotopic (exact) mass is 355 g/mol. The van der Waals surface area contributed by atoms with Crippen molar-refractivity contribution in [3.63, 3.8) is 0 Å². The van der Waals surface area contributed by atoms with Crippen LogP contribution in [0.2, 0.25) is 5.02 Å². The molecule has 0 radical (unpaired) electrons. The van der Waals surface area contributed by atoms with Gasteiger partial charge in [0.15, 0.2) is 0 Å². The fourth-order valence-electron chi connectivity index (χ4n) is 1.65. The first-order valence-electron chi connectivity index (χ1n) is 5.51. The van der Waals surface area contributed by atoms with E-state index in [1.165, 1.54) is 0 Å². The quantitative estimate of drug-likeness (QED) is 0.799. The Bertz CT molecular complexity index is 645. The van der Waals surface area contributed by atoms with Gasteiger partial charge in [0.25, 0.3) is 0 Å². The van der Waals surface area contributed by atoms with Crippen LogP contribution < -0.4 is 10.5 Å². The topological polar surface area (TPSA) is 35.2 Å². The molecule has 2 nitrogen and oxygen atoms in total. The van der Waals surface area contributed by atoms with Gasteiger partial charge in [0.1, 0.15) is 16.5 Å². The second-order valence-corrected chi connectivity index (χ2v) is 5.72.